The SMILES string of the molecule is CCOC(=O)C1=C(c2ccccc2)N=c2s/c(=C\c3ccc(OCC#N)cc3)c(=O)n2[C@@H]1c1ccc(F)cc1. The van der Waals surface area contributed by atoms with Crippen molar-refractivity contribution in [1.29, 1.82) is 5.26 Å². The van der Waals surface area contributed by atoms with Crippen LogP contribution in [0.25, 0.3) is 11.8 Å². The summed E-state index contributed by atoms with van der Waals surface area (Å²) in [6.45, 7) is 1.78. The summed E-state index contributed by atoms with van der Waals surface area (Å²) < 4.78 is 26.5. The van der Waals surface area contributed by atoms with Gasteiger partial charge in [0.25, 0.3) is 5.56 Å². The molecule has 0 unspecified atom stereocenters. The Hall–Kier alpha value is -4.81. The van der Waals surface area contributed by atoms with Gasteiger partial charge >= 0.3 is 5.97 Å². The third kappa shape index (κ3) is 5.28. The molecular weight excluding hydrogens is 517 g/mol. The molecule has 39 heavy (non-hydrogen) atoms. The van der Waals surface area contributed by atoms with E-state index in [4.69, 9.17) is 19.7 Å². The number of esters is 1. The number of thiazole rings is 1. The maximum atomic E-state index is 13.9. The first kappa shape index (κ1) is 25.8. The monoisotopic (exact) mass is 539 g/mol. The Morgan fingerprint density at radius 1 is 1.10 bits per heavy atom. The highest BCUT2D eigenvalue weighted by atomic mass is 32.1. The van der Waals surface area contributed by atoms with E-state index in [0.717, 1.165) is 5.56 Å². The van der Waals surface area contributed by atoms with Crippen LogP contribution in [0, 0.1) is 17.1 Å². The number of hydrogen-bond acceptors (Lipinski definition) is 7. The summed E-state index contributed by atoms with van der Waals surface area (Å²) in [6, 6.07) is 23.0. The Bertz CT molecular complexity index is 1770. The number of nitrogens with zero attached hydrogens (tertiary/aromatic N) is 3. The molecule has 0 saturated carbocycles. The molecule has 2 heterocycles. The molecule has 9 heteroatoms. The third-order valence-corrected chi connectivity index (χ3v) is 7.02. The summed E-state index contributed by atoms with van der Waals surface area (Å²) in [5.74, 6) is -0.493. The van der Waals surface area contributed by atoms with Crippen LogP contribution in [0.5, 0.6) is 5.75 Å². The molecule has 1 aliphatic rings. The molecular formula is C30H22FN3O4S. The van der Waals surface area contributed by atoms with Gasteiger partial charge in [0.2, 0.25) is 0 Å². The molecule has 0 saturated heterocycles. The lowest BCUT2D eigenvalue weighted by molar-refractivity contribution is -0.138. The van der Waals surface area contributed by atoms with Gasteiger partial charge in [-0.2, -0.15) is 5.26 Å². The van der Waals surface area contributed by atoms with Gasteiger partial charge < -0.3 is 9.47 Å². The van der Waals surface area contributed by atoms with Crippen molar-refractivity contribution < 1.29 is 18.7 Å². The zero-order valence-corrected chi connectivity index (χ0v) is 21.7. The number of hydrogen-bond donors (Lipinski definition) is 0. The fourth-order valence-corrected chi connectivity index (χ4v) is 5.33. The average Bonchev–Trinajstić information content (AvgIpc) is 3.27. The van der Waals surface area contributed by atoms with Gasteiger partial charge in [0.05, 0.1) is 28.5 Å². The third-order valence-electron chi connectivity index (χ3n) is 6.04. The number of benzene rings is 3. The molecule has 0 spiro atoms. The average molecular weight is 540 g/mol. The second-order valence-electron chi connectivity index (χ2n) is 8.50. The standard InChI is InChI=1S/C30H22FN3O4S/c1-2-37-29(36)25-26(20-6-4-3-5-7-20)33-30-34(27(25)21-10-12-22(31)13-11-21)28(35)24(39-30)18-19-8-14-23(15-9-19)38-17-16-32/h3-15,18,27H,2,17H2,1H3/b24-18-/t27-/m1/s1. The van der Waals surface area contributed by atoms with Crippen molar-refractivity contribution in [1.82, 2.24) is 4.57 Å². The highest BCUT2D eigenvalue weighted by molar-refractivity contribution is 7.07. The maximum absolute atomic E-state index is 13.9. The highest BCUT2D eigenvalue weighted by Crippen LogP contribution is 2.35. The van der Waals surface area contributed by atoms with E-state index >= 15 is 0 Å². The number of carbonyl (C=O) groups is 1. The normalized spacial score (nSPS) is 14.8. The quantitative estimate of drug-likeness (QED) is 0.331. The van der Waals surface area contributed by atoms with Gasteiger partial charge in [-0.3, -0.25) is 9.36 Å². The first-order valence-corrected chi connectivity index (χ1v) is 13.0. The minimum atomic E-state index is -0.875. The zero-order chi connectivity index (χ0) is 27.4. The maximum Gasteiger partial charge on any atom is 0.338 e. The van der Waals surface area contributed by atoms with Crippen LogP contribution in [0.15, 0.2) is 94.2 Å². The van der Waals surface area contributed by atoms with Gasteiger partial charge in [0.1, 0.15) is 17.6 Å². The number of rotatable bonds is 7. The van der Waals surface area contributed by atoms with E-state index in [1.807, 2.05) is 36.4 Å². The lowest BCUT2D eigenvalue weighted by Crippen LogP contribution is -2.40. The summed E-state index contributed by atoms with van der Waals surface area (Å²) in [7, 11) is 0. The fourth-order valence-electron chi connectivity index (χ4n) is 4.33. The van der Waals surface area contributed by atoms with Gasteiger partial charge in [-0.05, 0) is 48.4 Å². The minimum Gasteiger partial charge on any atom is -0.479 e. The molecule has 1 aromatic heterocycles. The van der Waals surface area contributed by atoms with E-state index in [1.165, 1.54) is 28.0 Å². The van der Waals surface area contributed by atoms with Crippen LogP contribution in [0.1, 0.15) is 29.7 Å². The lowest BCUT2D eigenvalue weighted by Gasteiger charge is -2.25. The molecule has 1 aliphatic heterocycles. The predicted molar refractivity (Wildman–Crippen MR) is 145 cm³/mol. The van der Waals surface area contributed by atoms with E-state index in [9.17, 15) is 14.0 Å². The molecule has 1 atom stereocenters. The van der Waals surface area contributed by atoms with Gasteiger partial charge in [0, 0.05) is 5.56 Å². The van der Waals surface area contributed by atoms with Crippen molar-refractivity contribution in [3.05, 3.63) is 127 Å². The second kappa shape index (κ2) is 11.3. The van der Waals surface area contributed by atoms with Crippen molar-refractivity contribution in [3.8, 4) is 11.8 Å². The molecule has 0 fully saturated rings. The number of ether oxygens (including phenoxy) is 2. The predicted octanol–water partition coefficient (Wildman–Crippen LogP) is 3.98. The summed E-state index contributed by atoms with van der Waals surface area (Å²) in [4.78, 5) is 32.4. The molecule has 3 aromatic carbocycles. The van der Waals surface area contributed by atoms with Crippen molar-refractivity contribution in [2.24, 2.45) is 4.99 Å². The number of fused-ring (bicyclic) bond motifs is 1. The van der Waals surface area contributed by atoms with Gasteiger partial charge in [0.15, 0.2) is 11.4 Å². The molecule has 0 aliphatic carbocycles. The Kier molecular flexibility index (Phi) is 7.48. The fraction of sp³-hybridized carbons (Fsp3) is 0.133. The summed E-state index contributed by atoms with van der Waals surface area (Å²) in [5, 5.41) is 8.70. The van der Waals surface area contributed by atoms with Crippen molar-refractivity contribution in [2.75, 3.05) is 13.2 Å². The molecule has 5 rings (SSSR count). The van der Waals surface area contributed by atoms with Crippen molar-refractivity contribution in [2.45, 2.75) is 13.0 Å². The Morgan fingerprint density at radius 3 is 2.49 bits per heavy atom. The van der Waals surface area contributed by atoms with Crippen LogP contribution in [0.2, 0.25) is 0 Å². The number of carbonyl (C=O) groups excluding carboxylic acids is 1. The minimum absolute atomic E-state index is 0.0616. The number of aromatic nitrogens is 1. The van der Waals surface area contributed by atoms with E-state index in [2.05, 4.69) is 0 Å². The van der Waals surface area contributed by atoms with Crippen LogP contribution < -0.4 is 19.6 Å². The summed E-state index contributed by atoms with van der Waals surface area (Å²) >= 11 is 1.20. The zero-order valence-electron chi connectivity index (χ0n) is 20.8. The Labute approximate surface area is 227 Å². The molecule has 4 aromatic rings. The van der Waals surface area contributed by atoms with Crippen molar-refractivity contribution in [3.63, 3.8) is 0 Å². The van der Waals surface area contributed by atoms with Crippen LogP contribution in [0.3, 0.4) is 0 Å². The first-order valence-electron chi connectivity index (χ1n) is 12.1. The molecule has 7 nitrogen and oxygen atoms in total. The Balaban J connectivity index is 1.73. The van der Waals surface area contributed by atoms with E-state index in [1.54, 1.807) is 49.4 Å². The smallest absolute Gasteiger partial charge is 0.338 e. The van der Waals surface area contributed by atoms with Crippen LogP contribution >= 0.6 is 11.3 Å². The van der Waals surface area contributed by atoms with Gasteiger partial charge in [-0.1, -0.05) is 65.9 Å². The van der Waals surface area contributed by atoms with Crippen LogP contribution in [-0.2, 0) is 9.53 Å². The molecule has 0 bridgehead atoms. The topological polar surface area (TPSA) is 93.7 Å². The molecule has 194 valence electrons. The number of halogens is 1. The summed E-state index contributed by atoms with van der Waals surface area (Å²) in [6.07, 6.45) is 1.73. The van der Waals surface area contributed by atoms with Crippen LogP contribution in [0.4, 0.5) is 4.39 Å². The van der Waals surface area contributed by atoms with E-state index in [0.29, 0.717) is 31.9 Å². The van der Waals surface area contributed by atoms with E-state index < -0.39 is 17.8 Å². The number of nitriles is 1. The van der Waals surface area contributed by atoms with Gasteiger partial charge in [-0.25, -0.2) is 14.2 Å². The van der Waals surface area contributed by atoms with Crippen LogP contribution in [-0.4, -0.2) is 23.8 Å². The summed E-state index contributed by atoms with van der Waals surface area (Å²) in [5.41, 5.74) is 2.25. The molecule has 0 radical (unpaired) electrons. The Morgan fingerprint density at radius 2 is 1.82 bits per heavy atom. The van der Waals surface area contributed by atoms with Gasteiger partial charge in [-0.15, -0.1) is 0 Å². The van der Waals surface area contributed by atoms with Crippen molar-refractivity contribution >= 4 is 29.1 Å². The van der Waals surface area contributed by atoms with E-state index in [-0.39, 0.29) is 24.3 Å². The molecule has 0 N–H and O–H groups in total. The largest absolute Gasteiger partial charge is 0.479 e. The lowest BCUT2D eigenvalue weighted by atomic mass is 9.93. The highest BCUT2D eigenvalue weighted by Gasteiger charge is 2.35. The molecule has 0 amide bonds. The second-order valence-corrected chi connectivity index (χ2v) is 9.51. The first-order chi connectivity index (χ1) is 19.0.